The summed E-state index contributed by atoms with van der Waals surface area (Å²) in [4.78, 5) is 0. The van der Waals surface area contributed by atoms with Crippen LogP contribution >= 0.6 is 15.9 Å². The van der Waals surface area contributed by atoms with E-state index in [1.54, 1.807) is 0 Å². The van der Waals surface area contributed by atoms with Crippen molar-refractivity contribution in [3.05, 3.63) is 0 Å². The van der Waals surface area contributed by atoms with Gasteiger partial charge in [0.25, 0.3) is 0 Å². The van der Waals surface area contributed by atoms with Crippen molar-refractivity contribution in [3.8, 4) is 0 Å². The van der Waals surface area contributed by atoms with Crippen LogP contribution in [0.1, 0.15) is 20.3 Å². The molecule has 0 fully saturated rings. The molecule has 0 rings (SSSR count). The van der Waals surface area contributed by atoms with Crippen molar-refractivity contribution in [2.75, 3.05) is 16.8 Å². The van der Waals surface area contributed by atoms with Gasteiger partial charge in [-0.3, -0.25) is 0 Å². The van der Waals surface area contributed by atoms with E-state index in [1.807, 2.05) is 13.8 Å². The fraction of sp³-hybridized carbons (Fsp3) is 1.00. The van der Waals surface area contributed by atoms with Gasteiger partial charge in [-0.1, -0.05) is 29.8 Å². The summed E-state index contributed by atoms with van der Waals surface area (Å²) in [6, 6.07) is 0. The van der Waals surface area contributed by atoms with E-state index in [4.69, 9.17) is 0 Å². The first kappa shape index (κ1) is 11.4. The smallest absolute Gasteiger partial charge is 0.150 e. The fourth-order valence-electron chi connectivity index (χ4n) is 0.872. The van der Waals surface area contributed by atoms with Gasteiger partial charge in [0.2, 0.25) is 0 Å². The van der Waals surface area contributed by atoms with Crippen LogP contribution in [0.3, 0.4) is 0 Å². The Morgan fingerprint density at radius 3 is 2.36 bits per heavy atom. The Kier molecular flexibility index (Phi) is 5.34. The number of halogens is 1. The molecule has 11 heavy (non-hydrogen) atoms. The Labute approximate surface area is 77.4 Å². The van der Waals surface area contributed by atoms with E-state index in [1.165, 1.54) is 0 Å². The standard InChI is InChI=1S/C7H15BrO2S/c1-3-4-11(9,10)6-7(2)5-8/h7H,3-6H2,1-2H3. The second-order valence-electron chi connectivity index (χ2n) is 2.87. The lowest BCUT2D eigenvalue weighted by atomic mass is 10.3. The number of hydrogen-bond donors (Lipinski definition) is 0. The molecule has 0 amide bonds. The van der Waals surface area contributed by atoms with Crippen LogP contribution in [0.4, 0.5) is 0 Å². The summed E-state index contributed by atoms with van der Waals surface area (Å²) >= 11 is 3.25. The minimum Gasteiger partial charge on any atom is -0.229 e. The third-order valence-electron chi connectivity index (χ3n) is 1.32. The van der Waals surface area contributed by atoms with Crippen molar-refractivity contribution in [3.63, 3.8) is 0 Å². The summed E-state index contributed by atoms with van der Waals surface area (Å²) in [6.07, 6.45) is 0.720. The number of rotatable bonds is 5. The van der Waals surface area contributed by atoms with Crippen molar-refractivity contribution < 1.29 is 8.42 Å². The van der Waals surface area contributed by atoms with Crippen LogP contribution in [0.2, 0.25) is 0 Å². The molecule has 68 valence electrons. The van der Waals surface area contributed by atoms with Crippen LogP contribution in [0.25, 0.3) is 0 Å². The molecule has 0 spiro atoms. The predicted octanol–water partition coefficient (Wildman–Crippen LogP) is 1.84. The number of sulfone groups is 1. The molecule has 0 saturated heterocycles. The molecule has 0 aromatic carbocycles. The lowest BCUT2D eigenvalue weighted by Crippen LogP contribution is -2.17. The first-order chi connectivity index (χ1) is 5.02. The predicted molar refractivity (Wildman–Crippen MR) is 51.9 cm³/mol. The van der Waals surface area contributed by atoms with Crippen molar-refractivity contribution in [2.24, 2.45) is 5.92 Å². The summed E-state index contributed by atoms with van der Waals surface area (Å²) in [6.45, 7) is 3.82. The average Bonchev–Trinajstić information content (AvgIpc) is 1.86. The quantitative estimate of drug-likeness (QED) is 0.690. The molecule has 0 radical (unpaired) electrons. The largest absolute Gasteiger partial charge is 0.229 e. The topological polar surface area (TPSA) is 34.1 Å². The zero-order valence-corrected chi connectivity index (χ0v) is 9.41. The minimum atomic E-state index is -2.77. The Balaban J connectivity index is 3.92. The van der Waals surface area contributed by atoms with Gasteiger partial charge in [-0.05, 0) is 12.3 Å². The van der Waals surface area contributed by atoms with E-state index in [0.29, 0.717) is 11.5 Å². The highest BCUT2D eigenvalue weighted by Crippen LogP contribution is 2.05. The van der Waals surface area contributed by atoms with E-state index < -0.39 is 9.84 Å². The molecule has 0 aliphatic heterocycles. The lowest BCUT2D eigenvalue weighted by molar-refractivity contribution is 0.582. The molecule has 0 aromatic heterocycles. The maximum atomic E-state index is 11.2. The molecular weight excluding hydrogens is 228 g/mol. The summed E-state index contributed by atoms with van der Waals surface area (Å²) in [5.74, 6) is 0.864. The van der Waals surface area contributed by atoms with Gasteiger partial charge in [0.1, 0.15) is 0 Å². The number of hydrogen-bond acceptors (Lipinski definition) is 2. The third kappa shape index (κ3) is 5.67. The summed E-state index contributed by atoms with van der Waals surface area (Å²) < 4.78 is 22.4. The summed E-state index contributed by atoms with van der Waals surface area (Å²) in [7, 11) is -2.77. The molecule has 1 unspecified atom stereocenters. The highest BCUT2D eigenvalue weighted by Gasteiger charge is 2.13. The van der Waals surface area contributed by atoms with E-state index in [9.17, 15) is 8.42 Å². The Morgan fingerprint density at radius 1 is 1.45 bits per heavy atom. The molecule has 0 aliphatic rings. The number of alkyl halides is 1. The second-order valence-corrected chi connectivity index (χ2v) is 5.75. The maximum Gasteiger partial charge on any atom is 0.150 e. The van der Waals surface area contributed by atoms with E-state index in [0.717, 1.165) is 11.8 Å². The highest BCUT2D eigenvalue weighted by molar-refractivity contribution is 9.09. The first-order valence-electron chi connectivity index (χ1n) is 3.78. The molecule has 0 aliphatic carbocycles. The van der Waals surface area contributed by atoms with Crippen molar-refractivity contribution in [1.82, 2.24) is 0 Å². The Hall–Kier alpha value is 0.430. The van der Waals surface area contributed by atoms with Crippen molar-refractivity contribution >= 4 is 25.8 Å². The molecular formula is C7H15BrO2S. The molecule has 4 heteroatoms. The molecule has 0 N–H and O–H groups in total. The van der Waals surface area contributed by atoms with Crippen LogP contribution in [-0.4, -0.2) is 25.3 Å². The average molecular weight is 243 g/mol. The van der Waals surface area contributed by atoms with Crippen LogP contribution in [0, 0.1) is 5.92 Å². The molecule has 0 aromatic rings. The molecule has 2 nitrogen and oxygen atoms in total. The van der Waals surface area contributed by atoms with Gasteiger partial charge >= 0.3 is 0 Å². The van der Waals surface area contributed by atoms with Gasteiger partial charge < -0.3 is 0 Å². The minimum absolute atomic E-state index is 0.228. The van der Waals surface area contributed by atoms with Gasteiger partial charge in [-0.15, -0.1) is 0 Å². The Bertz CT molecular complexity index is 187. The first-order valence-corrected chi connectivity index (χ1v) is 6.72. The summed E-state index contributed by atoms with van der Waals surface area (Å²) in [5, 5.41) is 0.760. The van der Waals surface area contributed by atoms with Gasteiger partial charge in [0, 0.05) is 11.1 Å². The normalized spacial score (nSPS) is 14.8. The van der Waals surface area contributed by atoms with Crippen LogP contribution in [0.5, 0.6) is 0 Å². The van der Waals surface area contributed by atoms with Gasteiger partial charge in [0.05, 0.1) is 5.75 Å². The SMILES string of the molecule is CCCS(=O)(=O)CC(C)CBr. The zero-order valence-electron chi connectivity index (χ0n) is 7.01. The van der Waals surface area contributed by atoms with Crippen molar-refractivity contribution in [1.29, 1.82) is 0 Å². The third-order valence-corrected chi connectivity index (χ3v) is 4.53. The molecule has 0 bridgehead atoms. The molecule has 1 atom stereocenters. The maximum absolute atomic E-state index is 11.2. The van der Waals surface area contributed by atoms with Gasteiger partial charge in [-0.25, -0.2) is 8.42 Å². The molecule has 0 heterocycles. The fourth-order valence-corrected chi connectivity index (χ4v) is 3.18. The van der Waals surface area contributed by atoms with Crippen LogP contribution in [0.15, 0.2) is 0 Å². The second kappa shape index (κ2) is 5.14. The van der Waals surface area contributed by atoms with E-state index in [2.05, 4.69) is 15.9 Å². The Morgan fingerprint density at radius 2 is 2.00 bits per heavy atom. The van der Waals surface area contributed by atoms with E-state index in [-0.39, 0.29) is 5.92 Å². The van der Waals surface area contributed by atoms with Crippen LogP contribution in [-0.2, 0) is 9.84 Å². The lowest BCUT2D eigenvalue weighted by Gasteiger charge is -2.06. The zero-order chi connectivity index (χ0) is 8.91. The van der Waals surface area contributed by atoms with Crippen molar-refractivity contribution in [2.45, 2.75) is 20.3 Å². The monoisotopic (exact) mass is 242 g/mol. The van der Waals surface area contributed by atoms with E-state index >= 15 is 0 Å². The van der Waals surface area contributed by atoms with Gasteiger partial charge in [-0.2, -0.15) is 0 Å². The molecule has 0 saturated carbocycles. The van der Waals surface area contributed by atoms with Gasteiger partial charge in [0.15, 0.2) is 9.84 Å². The summed E-state index contributed by atoms with van der Waals surface area (Å²) in [5.41, 5.74) is 0. The highest BCUT2D eigenvalue weighted by atomic mass is 79.9. The van der Waals surface area contributed by atoms with Crippen LogP contribution < -0.4 is 0 Å².